The van der Waals surface area contributed by atoms with Gasteiger partial charge in [-0.25, -0.2) is 4.79 Å². The Morgan fingerprint density at radius 3 is 2.70 bits per heavy atom. The van der Waals surface area contributed by atoms with Crippen LogP contribution in [0.2, 0.25) is 0 Å². The van der Waals surface area contributed by atoms with Gasteiger partial charge in [-0.05, 0) is 18.8 Å². The molecule has 1 heterocycles. The minimum Gasteiger partial charge on any atom is -0.481 e. The Balaban J connectivity index is 2.49. The second kappa shape index (κ2) is 8.09. The molecule has 0 aromatic rings. The molecule has 1 saturated heterocycles. The van der Waals surface area contributed by atoms with Crippen molar-refractivity contribution >= 4 is 12.0 Å². The van der Waals surface area contributed by atoms with Crippen LogP contribution in [0.5, 0.6) is 0 Å². The summed E-state index contributed by atoms with van der Waals surface area (Å²) in [5.41, 5.74) is 0. The fourth-order valence-electron chi connectivity index (χ4n) is 2.41. The fraction of sp³-hybridized carbons (Fsp3) is 0.857. The predicted molar refractivity (Wildman–Crippen MR) is 75.6 cm³/mol. The van der Waals surface area contributed by atoms with Crippen LogP contribution in [0.3, 0.4) is 0 Å². The second-order valence-electron chi connectivity index (χ2n) is 5.68. The van der Waals surface area contributed by atoms with Crippen LogP contribution in [-0.4, -0.2) is 54.4 Å². The van der Waals surface area contributed by atoms with Crippen LogP contribution >= 0.6 is 0 Å². The Hall–Kier alpha value is -1.30. The van der Waals surface area contributed by atoms with Gasteiger partial charge in [-0.1, -0.05) is 20.8 Å². The van der Waals surface area contributed by atoms with Gasteiger partial charge in [-0.2, -0.15) is 0 Å². The number of aliphatic carboxylic acids is 1. The first-order chi connectivity index (χ1) is 9.45. The Kier molecular flexibility index (Phi) is 6.78. The van der Waals surface area contributed by atoms with E-state index >= 15 is 0 Å². The Bertz CT molecular complexity index is 333. The van der Waals surface area contributed by atoms with Crippen molar-refractivity contribution in [2.45, 2.75) is 39.7 Å². The molecule has 0 saturated carbocycles. The summed E-state index contributed by atoms with van der Waals surface area (Å²) in [7, 11) is 0. The molecule has 0 aromatic carbocycles. The number of ether oxygens (including phenoxy) is 1. The summed E-state index contributed by atoms with van der Waals surface area (Å²) in [4.78, 5) is 25.1. The normalized spacial score (nSPS) is 20.8. The molecule has 6 nitrogen and oxygen atoms in total. The zero-order valence-electron chi connectivity index (χ0n) is 12.6. The van der Waals surface area contributed by atoms with E-state index in [2.05, 4.69) is 5.32 Å². The topological polar surface area (TPSA) is 78.9 Å². The zero-order valence-corrected chi connectivity index (χ0v) is 12.6. The van der Waals surface area contributed by atoms with Gasteiger partial charge in [0, 0.05) is 13.1 Å². The monoisotopic (exact) mass is 286 g/mol. The summed E-state index contributed by atoms with van der Waals surface area (Å²) in [6.07, 6.45) is 1.40. The first kappa shape index (κ1) is 16.8. The van der Waals surface area contributed by atoms with E-state index in [1.165, 1.54) is 0 Å². The minimum atomic E-state index is -0.854. The van der Waals surface area contributed by atoms with E-state index in [-0.39, 0.29) is 18.6 Å². The molecule has 6 heteroatoms. The molecule has 20 heavy (non-hydrogen) atoms. The highest BCUT2D eigenvalue weighted by Crippen LogP contribution is 2.13. The van der Waals surface area contributed by atoms with Crippen molar-refractivity contribution in [1.29, 1.82) is 0 Å². The molecule has 0 aromatic heterocycles. The summed E-state index contributed by atoms with van der Waals surface area (Å²) >= 11 is 0. The van der Waals surface area contributed by atoms with Gasteiger partial charge in [-0.3, -0.25) is 4.79 Å². The first-order valence-corrected chi connectivity index (χ1v) is 7.30. The second-order valence-corrected chi connectivity index (χ2v) is 5.68. The van der Waals surface area contributed by atoms with Crippen molar-refractivity contribution < 1.29 is 19.4 Å². The first-order valence-electron chi connectivity index (χ1n) is 7.30. The smallest absolute Gasteiger partial charge is 0.317 e. The molecule has 2 N–H and O–H groups in total. The number of hydrogen-bond acceptors (Lipinski definition) is 3. The zero-order chi connectivity index (χ0) is 15.1. The summed E-state index contributed by atoms with van der Waals surface area (Å²) in [6.45, 7) is 7.81. The van der Waals surface area contributed by atoms with Gasteiger partial charge in [0.1, 0.15) is 0 Å². The van der Waals surface area contributed by atoms with Crippen molar-refractivity contribution in [1.82, 2.24) is 10.2 Å². The third-order valence-corrected chi connectivity index (χ3v) is 3.56. The molecule has 1 rings (SSSR count). The molecule has 0 radical (unpaired) electrons. The van der Waals surface area contributed by atoms with Crippen molar-refractivity contribution in [2.75, 3.05) is 26.3 Å². The van der Waals surface area contributed by atoms with Crippen LogP contribution in [0.1, 0.15) is 33.6 Å². The number of urea groups is 1. The third kappa shape index (κ3) is 5.00. The van der Waals surface area contributed by atoms with Crippen molar-refractivity contribution in [3.8, 4) is 0 Å². The van der Waals surface area contributed by atoms with Crippen LogP contribution in [0.25, 0.3) is 0 Å². The summed E-state index contributed by atoms with van der Waals surface area (Å²) in [5.74, 6) is -1.09. The molecule has 2 atom stereocenters. The lowest BCUT2D eigenvalue weighted by Crippen LogP contribution is -2.53. The fourth-order valence-corrected chi connectivity index (χ4v) is 2.41. The number of nitrogens with zero attached hydrogens (tertiary/aromatic N) is 1. The van der Waals surface area contributed by atoms with Gasteiger partial charge in [0.15, 0.2) is 0 Å². The van der Waals surface area contributed by atoms with E-state index in [0.717, 1.165) is 6.42 Å². The highest BCUT2D eigenvalue weighted by molar-refractivity contribution is 5.76. The molecule has 1 aliphatic rings. The SMILES string of the molecule is CCC1COCCN1C(=O)NCC(CC(C)C)C(=O)O. The van der Waals surface area contributed by atoms with Gasteiger partial charge in [0.25, 0.3) is 0 Å². The highest BCUT2D eigenvalue weighted by Gasteiger charge is 2.27. The summed E-state index contributed by atoms with van der Waals surface area (Å²) < 4.78 is 5.35. The number of morpholine rings is 1. The molecule has 2 unspecified atom stereocenters. The van der Waals surface area contributed by atoms with E-state index in [4.69, 9.17) is 9.84 Å². The van der Waals surface area contributed by atoms with Crippen LogP contribution in [-0.2, 0) is 9.53 Å². The number of carbonyl (C=O) groups is 2. The largest absolute Gasteiger partial charge is 0.481 e. The lowest BCUT2D eigenvalue weighted by molar-refractivity contribution is -0.142. The molecule has 116 valence electrons. The number of carboxylic acids is 1. The molecular weight excluding hydrogens is 260 g/mol. The standard InChI is InChI=1S/C14H26N2O4/c1-4-12-9-20-6-5-16(12)14(19)15-8-11(13(17)18)7-10(2)3/h10-12H,4-9H2,1-3H3,(H,15,19)(H,17,18). The summed E-state index contributed by atoms with van der Waals surface area (Å²) in [5, 5.41) is 11.9. The van der Waals surface area contributed by atoms with E-state index < -0.39 is 11.9 Å². The summed E-state index contributed by atoms with van der Waals surface area (Å²) in [6, 6.07) is -0.104. The number of amides is 2. The molecule has 0 aliphatic carbocycles. The number of nitrogens with one attached hydrogen (secondary N) is 1. The predicted octanol–water partition coefficient (Wildman–Crippen LogP) is 1.55. The van der Waals surface area contributed by atoms with Gasteiger partial charge >= 0.3 is 12.0 Å². The third-order valence-electron chi connectivity index (χ3n) is 3.56. The molecule has 1 aliphatic heterocycles. The lowest BCUT2D eigenvalue weighted by atomic mass is 9.97. The molecule has 1 fully saturated rings. The lowest BCUT2D eigenvalue weighted by Gasteiger charge is -2.35. The maximum atomic E-state index is 12.1. The molecular formula is C14H26N2O4. The highest BCUT2D eigenvalue weighted by atomic mass is 16.5. The van der Waals surface area contributed by atoms with E-state index in [1.807, 2.05) is 20.8 Å². The van der Waals surface area contributed by atoms with Crippen molar-refractivity contribution in [2.24, 2.45) is 11.8 Å². The number of rotatable bonds is 6. The van der Waals surface area contributed by atoms with E-state index in [9.17, 15) is 9.59 Å². The van der Waals surface area contributed by atoms with Crippen molar-refractivity contribution in [3.63, 3.8) is 0 Å². The molecule has 0 bridgehead atoms. The van der Waals surface area contributed by atoms with Gasteiger partial charge in [0.2, 0.25) is 0 Å². The van der Waals surface area contributed by atoms with E-state index in [1.54, 1.807) is 4.90 Å². The molecule has 0 spiro atoms. The Labute approximate surface area is 120 Å². The van der Waals surface area contributed by atoms with Gasteiger partial charge in [0.05, 0.1) is 25.2 Å². The number of carboxylic acid groups (broad SMARTS) is 1. The van der Waals surface area contributed by atoms with Crippen molar-refractivity contribution in [3.05, 3.63) is 0 Å². The average molecular weight is 286 g/mol. The van der Waals surface area contributed by atoms with Crippen LogP contribution in [0.15, 0.2) is 0 Å². The van der Waals surface area contributed by atoms with Crippen LogP contribution in [0, 0.1) is 11.8 Å². The number of carbonyl (C=O) groups excluding carboxylic acids is 1. The maximum absolute atomic E-state index is 12.1. The van der Waals surface area contributed by atoms with Crippen LogP contribution in [0.4, 0.5) is 4.79 Å². The maximum Gasteiger partial charge on any atom is 0.317 e. The average Bonchev–Trinajstić information content (AvgIpc) is 2.42. The van der Waals surface area contributed by atoms with Gasteiger partial charge < -0.3 is 20.1 Å². The van der Waals surface area contributed by atoms with Crippen LogP contribution < -0.4 is 5.32 Å². The molecule has 2 amide bonds. The Morgan fingerprint density at radius 2 is 2.15 bits per heavy atom. The minimum absolute atomic E-state index is 0.0807. The quantitative estimate of drug-likeness (QED) is 0.776. The van der Waals surface area contributed by atoms with E-state index in [0.29, 0.717) is 32.1 Å². The Morgan fingerprint density at radius 1 is 1.45 bits per heavy atom. The number of hydrogen-bond donors (Lipinski definition) is 2. The van der Waals surface area contributed by atoms with Gasteiger partial charge in [-0.15, -0.1) is 0 Å².